The first-order valence-corrected chi connectivity index (χ1v) is 12.1. The van der Waals surface area contributed by atoms with Gasteiger partial charge in [0.25, 0.3) is 0 Å². The molecule has 31 heavy (non-hydrogen) atoms. The number of fused-ring (bicyclic) bond motifs is 3. The number of halogens is 1. The average Bonchev–Trinajstić information content (AvgIpc) is 3.38. The summed E-state index contributed by atoms with van der Waals surface area (Å²) in [4.78, 5) is 24.9. The highest BCUT2D eigenvalue weighted by Gasteiger charge is 2.23. The Morgan fingerprint density at radius 1 is 1.19 bits per heavy atom. The van der Waals surface area contributed by atoms with Crippen LogP contribution in [0.3, 0.4) is 0 Å². The Bertz CT molecular complexity index is 1340. The summed E-state index contributed by atoms with van der Waals surface area (Å²) in [5.74, 6) is 0.812. The zero-order chi connectivity index (χ0) is 21.7. The minimum atomic E-state index is -0.292. The van der Waals surface area contributed by atoms with Crippen molar-refractivity contribution in [3.63, 3.8) is 0 Å². The third kappa shape index (κ3) is 3.59. The standard InChI is InChI=1S/C24H22FN3OS2/c1-13-10-19(14(2)28(13)17-7-4-6-16(25)11-17)20(29)12-30-23-22-18-8-5-9-21(18)31-24(22)27-15(3)26-23/h4,6-7,10-11H,5,8-9,12H2,1-3H3. The number of ketones is 1. The quantitative estimate of drug-likeness (QED) is 0.212. The van der Waals surface area contributed by atoms with Crippen molar-refractivity contribution in [2.75, 3.05) is 5.75 Å². The van der Waals surface area contributed by atoms with Crippen LogP contribution >= 0.6 is 23.1 Å². The maximum atomic E-state index is 13.7. The van der Waals surface area contributed by atoms with Crippen LogP contribution in [0.4, 0.5) is 4.39 Å². The van der Waals surface area contributed by atoms with Gasteiger partial charge in [0.05, 0.1) is 5.75 Å². The zero-order valence-corrected chi connectivity index (χ0v) is 19.3. The molecule has 4 aromatic rings. The molecule has 1 aromatic carbocycles. The van der Waals surface area contributed by atoms with Gasteiger partial charge in [0, 0.05) is 32.9 Å². The molecule has 0 N–H and O–H groups in total. The molecule has 1 aliphatic rings. The van der Waals surface area contributed by atoms with Crippen LogP contribution in [0.2, 0.25) is 0 Å². The Morgan fingerprint density at radius 3 is 2.84 bits per heavy atom. The fourth-order valence-electron chi connectivity index (χ4n) is 4.44. The summed E-state index contributed by atoms with van der Waals surface area (Å²) in [7, 11) is 0. The molecule has 5 rings (SSSR count). The van der Waals surface area contributed by atoms with Crippen molar-refractivity contribution in [3.05, 3.63) is 69.4 Å². The molecule has 0 saturated carbocycles. The molecule has 0 fully saturated rings. The molecule has 1 aliphatic carbocycles. The first-order valence-electron chi connectivity index (χ1n) is 10.3. The number of hydrogen-bond donors (Lipinski definition) is 0. The predicted molar refractivity (Wildman–Crippen MR) is 124 cm³/mol. The van der Waals surface area contributed by atoms with Crippen molar-refractivity contribution in [1.29, 1.82) is 0 Å². The lowest BCUT2D eigenvalue weighted by Crippen LogP contribution is -2.06. The number of benzene rings is 1. The molecule has 0 atom stereocenters. The first kappa shape index (κ1) is 20.4. The molecule has 0 amide bonds. The lowest BCUT2D eigenvalue weighted by molar-refractivity contribution is 0.102. The number of hydrogen-bond acceptors (Lipinski definition) is 5. The second kappa shape index (κ2) is 7.88. The number of thioether (sulfide) groups is 1. The topological polar surface area (TPSA) is 47.8 Å². The fraction of sp³-hybridized carbons (Fsp3) is 0.292. The third-order valence-corrected chi connectivity index (χ3v) is 7.94. The van der Waals surface area contributed by atoms with Crippen molar-refractivity contribution >= 4 is 39.1 Å². The predicted octanol–water partition coefficient (Wildman–Crippen LogP) is 6.01. The average molecular weight is 452 g/mol. The number of nitrogens with zero attached hydrogens (tertiary/aromatic N) is 3. The fourth-order valence-corrected chi connectivity index (χ4v) is 6.79. The van der Waals surface area contributed by atoms with E-state index in [1.54, 1.807) is 17.4 Å². The molecule has 0 aliphatic heterocycles. The number of rotatable bonds is 5. The summed E-state index contributed by atoms with van der Waals surface area (Å²) in [6.07, 6.45) is 3.36. The Morgan fingerprint density at radius 2 is 2.03 bits per heavy atom. The molecule has 3 aromatic heterocycles. The van der Waals surface area contributed by atoms with Crippen LogP contribution in [0, 0.1) is 26.6 Å². The van der Waals surface area contributed by atoms with Gasteiger partial charge in [0.1, 0.15) is 21.5 Å². The van der Waals surface area contributed by atoms with Gasteiger partial charge in [-0.25, -0.2) is 14.4 Å². The van der Waals surface area contributed by atoms with Crippen LogP contribution in [-0.4, -0.2) is 26.1 Å². The van der Waals surface area contributed by atoms with Crippen molar-refractivity contribution in [2.45, 2.75) is 45.1 Å². The first-order chi connectivity index (χ1) is 14.9. The smallest absolute Gasteiger partial charge is 0.174 e. The Balaban J connectivity index is 1.44. The molecular weight excluding hydrogens is 429 g/mol. The highest BCUT2D eigenvalue weighted by atomic mass is 32.2. The summed E-state index contributed by atoms with van der Waals surface area (Å²) in [6.45, 7) is 5.76. The van der Waals surface area contributed by atoms with Gasteiger partial charge in [-0.3, -0.25) is 4.79 Å². The van der Waals surface area contributed by atoms with Crippen LogP contribution in [0.15, 0.2) is 35.4 Å². The molecule has 7 heteroatoms. The van der Waals surface area contributed by atoms with E-state index in [2.05, 4.69) is 9.97 Å². The minimum Gasteiger partial charge on any atom is -0.318 e. The van der Waals surface area contributed by atoms with Crippen LogP contribution in [0.25, 0.3) is 15.9 Å². The van der Waals surface area contributed by atoms with Gasteiger partial charge in [-0.05, 0) is 69.9 Å². The summed E-state index contributed by atoms with van der Waals surface area (Å²) in [5.41, 5.74) is 4.51. The van der Waals surface area contributed by atoms with Gasteiger partial charge >= 0.3 is 0 Å². The number of carbonyl (C=O) groups excluding carboxylic acids is 1. The maximum absolute atomic E-state index is 13.7. The SMILES string of the molecule is Cc1nc(SCC(=O)c2cc(C)n(-c3cccc(F)c3)c2C)c2c3c(sc2n1)CCC3. The largest absolute Gasteiger partial charge is 0.318 e. The molecule has 0 bridgehead atoms. The van der Waals surface area contributed by atoms with E-state index in [-0.39, 0.29) is 11.6 Å². The summed E-state index contributed by atoms with van der Waals surface area (Å²) < 4.78 is 15.7. The third-order valence-electron chi connectivity index (χ3n) is 5.78. The van der Waals surface area contributed by atoms with Crippen LogP contribution < -0.4 is 0 Å². The molecule has 0 spiro atoms. The number of aromatic nitrogens is 3. The van der Waals surface area contributed by atoms with E-state index < -0.39 is 0 Å². The molecule has 0 radical (unpaired) electrons. The Kier molecular flexibility index (Phi) is 5.18. The van der Waals surface area contributed by atoms with Crippen LogP contribution in [0.1, 0.15) is 44.4 Å². The van der Waals surface area contributed by atoms with Gasteiger partial charge in [0.2, 0.25) is 0 Å². The molecule has 0 saturated heterocycles. The molecule has 3 heterocycles. The van der Waals surface area contributed by atoms with Crippen LogP contribution in [-0.2, 0) is 12.8 Å². The number of carbonyl (C=O) groups is 1. The normalized spacial score (nSPS) is 13.2. The van der Waals surface area contributed by atoms with Gasteiger partial charge in [-0.2, -0.15) is 0 Å². The lowest BCUT2D eigenvalue weighted by Gasteiger charge is -2.10. The van der Waals surface area contributed by atoms with E-state index in [0.29, 0.717) is 11.3 Å². The second-order valence-electron chi connectivity index (χ2n) is 7.93. The molecular formula is C24H22FN3OS2. The summed E-state index contributed by atoms with van der Waals surface area (Å²) >= 11 is 3.27. The van der Waals surface area contributed by atoms with Crippen LogP contribution in [0.5, 0.6) is 0 Å². The summed E-state index contributed by atoms with van der Waals surface area (Å²) in [6, 6.07) is 8.34. The van der Waals surface area contributed by atoms with Crippen molar-refractivity contribution in [1.82, 2.24) is 14.5 Å². The van der Waals surface area contributed by atoms with Crippen molar-refractivity contribution in [3.8, 4) is 5.69 Å². The van der Waals surface area contributed by atoms with Gasteiger partial charge in [-0.15, -0.1) is 11.3 Å². The van der Waals surface area contributed by atoms with Gasteiger partial charge in [-0.1, -0.05) is 17.8 Å². The monoisotopic (exact) mass is 451 g/mol. The molecule has 0 unspecified atom stereocenters. The van der Waals surface area contributed by atoms with Crippen molar-refractivity contribution < 1.29 is 9.18 Å². The number of thiophene rings is 1. The van der Waals surface area contributed by atoms with Crippen molar-refractivity contribution in [2.24, 2.45) is 0 Å². The van der Waals surface area contributed by atoms with E-state index in [0.717, 1.165) is 51.0 Å². The maximum Gasteiger partial charge on any atom is 0.174 e. The molecule has 158 valence electrons. The van der Waals surface area contributed by atoms with E-state index >= 15 is 0 Å². The van der Waals surface area contributed by atoms with E-state index in [1.807, 2.05) is 37.5 Å². The highest BCUT2D eigenvalue weighted by molar-refractivity contribution is 8.00. The number of Topliss-reactive ketones (excluding diaryl/α,β-unsaturated/α-hetero) is 1. The van der Waals surface area contributed by atoms with Gasteiger partial charge in [0.15, 0.2) is 5.78 Å². The van der Waals surface area contributed by atoms with E-state index in [4.69, 9.17) is 0 Å². The Labute approximate surface area is 188 Å². The zero-order valence-electron chi connectivity index (χ0n) is 17.7. The number of aryl methyl sites for hydroxylation is 4. The van der Waals surface area contributed by atoms with E-state index in [9.17, 15) is 9.18 Å². The minimum absolute atomic E-state index is 0.0528. The summed E-state index contributed by atoms with van der Waals surface area (Å²) in [5, 5.41) is 2.06. The second-order valence-corrected chi connectivity index (χ2v) is 9.97. The highest BCUT2D eigenvalue weighted by Crippen LogP contribution is 2.40. The Hall–Kier alpha value is -2.51. The molecule has 4 nitrogen and oxygen atoms in total. The van der Waals surface area contributed by atoms with Gasteiger partial charge < -0.3 is 4.57 Å². The lowest BCUT2D eigenvalue weighted by atomic mass is 10.2. The van der Waals surface area contributed by atoms with E-state index in [1.165, 1.54) is 40.8 Å².